The highest BCUT2D eigenvalue weighted by Gasteiger charge is 2.34. The first kappa shape index (κ1) is 20.4. The van der Waals surface area contributed by atoms with Crippen molar-refractivity contribution in [1.29, 1.82) is 0 Å². The van der Waals surface area contributed by atoms with Crippen molar-refractivity contribution in [3.05, 3.63) is 46.2 Å². The van der Waals surface area contributed by atoms with Gasteiger partial charge in [-0.25, -0.2) is 0 Å². The molecule has 3 rings (SSSR count). The van der Waals surface area contributed by atoms with Crippen molar-refractivity contribution in [2.75, 3.05) is 20.8 Å². The molecule has 1 aliphatic rings. The van der Waals surface area contributed by atoms with Gasteiger partial charge in [0, 0.05) is 6.54 Å². The monoisotopic (exact) mass is 438 g/mol. The predicted molar refractivity (Wildman–Crippen MR) is 111 cm³/mol. The Kier molecular flexibility index (Phi) is 6.11. The van der Waals surface area contributed by atoms with E-state index in [1.165, 1.54) is 18.1 Å². The zero-order valence-corrected chi connectivity index (χ0v) is 17.9. The maximum absolute atomic E-state index is 12.7. The number of methoxy groups -OCH3 is 2. The van der Waals surface area contributed by atoms with Gasteiger partial charge >= 0.3 is 0 Å². The minimum atomic E-state index is -3.85. The van der Waals surface area contributed by atoms with Gasteiger partial charge in [0.25, 0.3) is 15.9 Å². The highest BCUT2D eigenvalue weighted by atomic mass is 32.2. The van der Waals surface area contributed by atoms with E-state index >= 15 is 0 Å². The molecule has 148 valence electrons. The molecule has 0 saturated carbocycles. The highest BCUT2D eigenvalue weighted by molar-refractivity contribution is 8.19. The van der Waals surface area contributed by atoms with E-state index in [1.54, 1.807) is 49.8 Å². The number of rotatable bonds is 6. The molecule has 28 heavy (non-hydrogen) atoms. The van der Waals surface area contributed by atoms with Crippen molar-refractivity contribution >= 4 is 50.3 Å². The lowest BCUT2D eigenvalue weighted by molar-refractivity contribution is -0.122. The first-order valence-electron chi connectivity index (χ1n) is 8.21. The fraction of sp³-hybridized carbons (Fsp3) is 0.222. The van der Waals surface area contributed by atoms with E-state index in [-0.39, 0.29) is 15.3 Å². The molecule has 0 radical (unpaired) electrons. The van der Waals surface area contributed by atoms with E-state index in [9.17, 15) is 13.2 Å². The van der Waals surface area contributed by atoms with Crippen molar-refractivity contribution in [3.63, 3.8) is 0 Å². The summed E-state index contributed by atoms with van der Waals surface area (Å²) in [6.45, 7) is 2.08. The molecule has 2 aromatic rings. The smallest absolute Gasteiger partial charge is 0.294 e. The van der Waals surface area contributed by atoms with Gasteiger partial charge in [-0.05, 0) is 53.9 Å². The number of amidine groups is 1. The molecule has 1 aliphatic heterocycles. The maximum Gasteiger partial charge on any atom is 0.294 e. The Bertz CT molecular complexity index is 1040. The third-order valence-corrected chi connectivity index (χ3v) is 7.62. The standard InChI is InChI=1S/C18H18N2O5S3/c1-4-20-17(21)15(11-12-7-8-13(24-2)14(10-12)25-3)27-18(20)19-28(22,23)16-6-5-9-26-16/h5-11H,4H2,1-3H3/b15-11-,19-18+. The summed E-state index contributed by atoms with van der Waals surface area (Å²) >= 11 is 2.12. The second kappa shape index (κ2) is 8.38. The number of thiophene rings is 1. The number of carbonyl (C=O) groups excluding carboxylic acids is 1. The van der Waals surface area contributed by atoms with Crippen molar-refractivity contribution in [1.82, 2.24) is 4.90 Å². The van der Waals surface area contributed by atoms with Gasteiger partial charge in [-0.2, -0.15) is 8.42 Å². The van der Waals surface area contributed by atoms with E-state index < -0.39 is 10.0 Å². The summed E-state index contributed by atoms with van der Waals surface area (Å²) in [5.74, 6) is 0.825. The number of ether oxygens (including phenoxy) is 2. The second-order valence-electron chi connectivity index (χ2n) is 5.56. The Hall–Kier alpha value is -2.30. The zero-order valence-electron chi connectivity index (χ0n) is 15.4. The number of carbonyl (C=O) groups is 1. The highest BCUT2D eigenvalue weighted by Crippen LogP contribution is 2.35. The fourth-order valence-corrected chi connectivity index (χ4v) is 5.72. The van der Waals surface area contributed by atoms with Gasteiger partial charge in [0.2, 0.25) is 0 Å². The van der Waals surface area contributed by atoms with Crippen molar-refractivity contribution in [2.45, 2.75) is 11.1 Å². The summed E-state index contributed by atoms with van der Waals surface area (Å²) < 4.78 is 39.4. The Labute approximate surface area is 171 Å². The van der Waals surface area contributed by atoms with Crippen LogP contribution in [0.4, 0.5) is 0 Å². The van der Waals surface area contributed by atoms with Gasteiger partial charge < -0.3 is 9.47 Å². The fourth-order valence-electron chi connectivity index (χ4n) is 2.51. The minimum Gasteiger partial charge on any atom is -0.493 e. The molecule has 0 spiro atoms. The molecule has 2 heterocycles. The van der Waals surface area contributed by atoms with Crippen molar-refractivity contribution < 1.29 is 22.7 Å². The number of sulfonamides is 1. The van der Waals surface area contributed by atoms with Crippen LogP contribution >= 0.6 is 23.1 Å². The quantitative estimate of drug-likeness (QED) is 0.642. The van der Waals surface area contributed by atoms with Gasteiger partial charge in [-0.15, -0.1) is 15.7 Å². The van der Waals surface area contributed by atoms with Gasteiger partial charge in [-0.3, -0.25) is 9.69 Å². The summed E-state index contributed by atoms with van der Waals surface area (Å²) in [6, 6.07) is 8.40. The molecule has 0 bridgehead atoms. The van der Waals surface area contributed by atoms with E-state index in [4.69, 9.17) is 9.47 Å². The first-order valence-corrected chi connectivity index (χ1v) is 11.3. The van der Waals surface area contributed by atoms with Crippen LogP contribution in [0.1, 0.15) is 12.5 Å². The number of amides is 1. The topological polar surface area (TPSA) is 85.3 Å². The van der Waals surface area contributed by atoms with E-state index in [0.717, 1.165) is 28.7 Å². The Morgan fingerprint density at radius 2 is 1.93 bits per heavy atom. The van der Waals surface area contributed by atoms with Crippen LogP contribution in [0.25, 0.3) is 6.08 Å². The lowest BCUT2D eigenvalue weighted by Gasteiger charge is -2.11. The van der Waals surface area contributed by atoms with Crippen LogP contribution in [0.2, 0.25) is 0 Å². The number of hydrogen-bond donors (Lipinski definition) is 0. The number of likely N-dealkylation sites (N-methyl/N-ethyl adjacent to an activating group) is 1. The second-order valence-corrected chi connectivity index (χ2v) is 9.34. The van der Waals surface area contributed by atoms with Crippen molar-refractivity contribution in [2.24, 2.45) is 4.40 Å². The van der Waals surface area contributed by atoms with Crippen molar-refractivity contribution in [3.8, 4) is 11.5 Å². The van der Waals surface area contributed by atoms with Gasteiger partial charge in [0.05, 0.1) is 19.1 Å². The summed E-state index contributed by atoms with van der Waals surface area (Å²) in [6.07, 6.45) is 1.68. The van der Waals surface area contributed by atoms with Crippen LogP contribution in [-0.4, -0.2) is 45.2 Å². The van der Waals surface area contributed by atoms with Gasteiger partial charge in [0.1, 0.15) is 4.21 Å². The summed E-state index contributed by atoms with van der Waals surface area (Å²) in [5.41, 5.74) is 0.729. The number of benzene rings is 1. The minimum absolute atomic E-state index is 0.140. The first-order chi connectivity index (χ1) is 13.4. The molecule has 0 atom stereocenters. The zero-order chi connectivity index (χ0) is 20.3. The van der Waals surface area contributed by atoms with Crippen LogP contribution in [0.3, 0.4) is 0 Å². The molecule has 1 aromatic heterocycles. The van der Waals surface area contributed by atoms with E-state index in [1.807, 2.05) is 0 Å². The SMILES string of the molecule is CCN1C(=O)/C(=C/c2ccc(OC)c(OC)c2)S/C1=N/S(=O)(=O)c1cccs1. The van der Waals surface area contributed by atoms with E-state index in [0.29, 0.717) is 22.9 Å². The van der Waals surface area contributed by atoms with Gasteiger partial charge in [0.15, 0.2) is 16.7 Å². The maximum atomic E-state index is 12.7. The normalized spacial score (nSPS) is 17.5. The third kappa shape index (κ3) is 4.08. The molecule has 1 saturated heterocycles. The van der Waals surface area contributed by atoms with Crippen LogP contribution in [-0.2, 0) is 14.8 Å². The van der Waals surface area contributed by atoms with E-state index in [2.05, 4.69) is 4.40 Å². The summed E-state index contributed by atoms with van der Waals surface area (Å²) in [7, 11) is -0.780. The molecule has 0 N–H and O–H groups in total. The van der Waals surface area contributed by atoms with Crippen LogP contribution in [0, 0.1) is 0 Å². The Morgan fingerprint density at radius 3 is 2.54 bits per heavy atom. The molecule has 0 aliphatic carbocycles. The summed E-state index contributed by atoms with van der Waals surface area (Å²) in [5, 5.41) is 1.81. The third-order valence-electron chi connectivity index (χ3n) is 3.86. The average molecular weight is 439 g/mol. The Balaban J connectivity index is 1.96. The van der Waals surface area contributed by atoms with Crippen LogP contribution in [0.15, 0.2) is 49.2 Å². The Morgan fingerprint density at radius 1 is 1.18 bits per heavy atom. The van der Waals surface area contributed by atoms with Crippen LogP contribution in [0.5, 0.6) is 11.5 Å². The molecule has 1 amide bonds. The predicted octanol–water partition coefficient (Wildman–Crippen LogP) is 3.45. The molecule has 0 unspecified atom stereocenters. The molecule has 10 heteroatoms. The lowest BCUT2D eigenvalue weighted by atomic mass is 10.2. The number of nitrogens with zero attached hydrogens (tertiary/aromatic N) is 2. The molecular formula is C18H18N2O5S3. The summed E-state index contributed by atoms with van der Waals surface area (Å²) in [4.78, 5) is 14.4. The van der Waals surface area contributed by atoms with Gasteiger partial charge in [-0.1, -0.05) is 12.1 Å². The van der Waals surface area contributed by atoms with Crippen LogP contribution < -0.4 is 9.47 Å². The molecule has 7 nitrogen and oxygen atoms in total. The number of thioether (sulfide) groups is 1. The lowest BCUT2D eigenvalue weighted by Crippen LogP contribution is -2.29. The number of hydrogen-bond acceptors (Lipinski definition) is 7. The molecule has 1 fully saturated rings. The molecular weight excluding hydrogens is 420 g/mol. The molecule has 1 aromatic carbocycles. The average Bonchev–Trinajstić information content (AvgIpc) is 3.31. The largest absolute Gasteiger partial charge is 0.493 e.